The summed E-state index contributed by atoms with van der Waals surface area (Å²) in [7, 11) is 0. The van der Waals surface area contributed by atoms with Crippen molar-refractivity contribution in [1.29, 1.82) is 0 Å². The van der Waals surface area contributed by atoms with Gasteiger partial charge in [0.25, 0.3) is 0 Å². The molecule has 15 heavy (non-hydrogen) atoms. The average Bonchev–Trinajstić information content (AvgIpc) is 2.53. The minimum atomic E-state index is 0.162. The summed E-state index contributed by atoms with van der Waals surface area (Å²) in [6, 6.07) is 2.19. The van der Waals surface area contributed by atoms with Gasteiger partial charge in [-0.05, 0) is 28.4 Å². The molecule has 1 aromatic rings. The Hall–Kier alpha value is -0.0100. The second-order valence-corrected chi connectivity index (χ2v) is 5.82. The van der Waals surface area contributed by atoms with Crippen LogP contribution in [0.2, 0.25) is 4.34 Å². The standard InChI is InChI=1S/C11H13BrClNS/c1-3-5-8(4-2)14-7-9-6-10(12)11(13)15-9/h2,6,8,14H,3,5,7H2,1H3. The van der Waals surface area contributed by atoms with Crippen LogP contribution in [0, 0.1) is 12.3 Å². The molecule has 0 aliphatic heterocycles. The van der Waals surface area contributed by atoms with E-state index in [9.17, 15) is 0 Å². The third kappa shape index (κ3) is 4.16. The molecule has 0 amide bonds. The van der Waals surface area contributed by atoms with E-state index in [1.807, 2.05) is 6.07 Å². The number of hydrogen-bond acceptors (Lipinski definition) is 2. The summed E-state index contributed by atoms with van der Waals surface area (Å²) in [5, 5.41) is 3.32. The summed E-state index contributed by atoms with van der Waals surface area (Å²) < 4.78 is 1.75. The van der Waals surface area contributed by atoms with E-state index in [0.717, 1.165) is 28.2 Å². The van der Waals surface area contributed by atoms with Gasteiger partial charge in [-0.15, -0.1) is 17.8 Å². The average molecular weight is 307 g/mol. The summed E-state index contributed by atoms with van der Waals surface area (Å²) in [6.45, 7) is 2.91. The number of thiophene rings is 1. The van der Waals surface area contributed by atoms with Gasteiger partial charge in [0.1, 0.15) is 4.34 Å². The van der Waals surface area contributed by atoms with Crippen molar-refractivity contribution in [1.82, 2.24) is 5.32 Å². The van der Waals surface area contributed by atoms with E-state index in [1.165, 1.54) is 4.88 Å². The fourth-order valence-corrected chi connectivity index (χ4v) is 2.98. The van der Waals surface area contributed by atoms with E-state index >= 15 is 0 Å². The quantitative estimate of drug-likeness (QED) is 0.809. The maximum absolute atomic E-state index is 5.94. The molecule has 0 fully saturated rings. The molecule has 1 rings (SSSR count). The second-order valence-electron chi connectivity index (χ2n) is 3.22. The second kappa shape index (κ2) is 6.55. The number of rotatable bonds is 5. The Morgan fingerprint density at radius 3 is 2.93 bits per heavy atom. The highest BCUT2D eigenvalue weighted by atomic mass is 79.9. The molecule has 0 aliphatic carbocycles. The molecule has 0 bridgehead atoms. The van der Waals surface area contributed by atoms with Crippen LogP contribution in [-0.4, -0.2) is 6.04 Å². The van der Waals surface area contributed by atoms with Crippen LogP contribution < -0.4 is 5.32 Å². The zero-order valence-electron chi connectivity index (χ0n) is 8.52. The largest absolute Gasteiger partial charge is 0.299 e. The van der Waals surface area contributed by atoms with Gasteiger partial charge in [-0.25, -0.2) is 0 Å². The van der Waals surface area contributed by atoms with Crippen molar-refractivity contribution in [3.05, 3.63) is 19.8 Å². The van der Waals surface area contributed by atoms with E-state index in [2.05, 4.69) is 34.1 Å². The molecule has 1 N–H and O–H groups in total. The minimum absolute atomic E-state index is 0.162. The molecule has 1 aromatic heterocycles. The lowest BCUT2D eigenvalue weighted by Gasteiger charge is -2.10. The smallest absolute Gasteiger partial charge is 0.107 e. The van der Waals surface area contributed by atoms with Crippen molar-refractivity contribution in [3.63, 3.8) is 0 Å². The fraction of sp³-hybridized carbons (Fsp3) is 0.455. The highest BCUT2D eigenvalue weighted by molar-refractivity contribution is 9.10. The van der Waals surface area contributed by atoms with Crippen LogP contribution >= 0.6 is 38.9 Å². The van der Waals surface area contributed by atoms with Crippen LogP contribution in [-0.2, 0) is 6.54 Å². The predicted octanol–water partition coefficient (Wildman–Crippen LogP) is 4.06. The zero-order valence-corrected chi connectivity index (χ0v) is 11.7. The minimum Gasteiger partial charge on any atom is -0.299 e. The fourth-order valence-electron chi connectivity index (χ4n) is 1.24. The SMILES string of the molecule is C#CC(CCC)NCc1cc(Br)c(Cl)s1. The predicted molar refractivity (Wildman–Crippen MR) is 71.4 cm³/mol. The number of hydrogen-bond donors (Lipinski definition) is 1. The van der Waals surface area contributed by atoms with Crippen molar-refractivity contribution in [3.8, 4) is 12.3 Å². The highest BCUT2D eigenvalue weighted by Gasteiger charge is 2.06. The third-order valence-corrected chi connectivity index (χ3v) is 4.47. The molecular weight excluding hydrogens is 294 g/mol. The van der Waals surface area contributed by atoms with Gasteiger partial charge in [-0.3, -0.25) is 5.32 Å². The molecule has 0 saturated carbocycles. The van der Waals surface area contributed by atoms with Crippen LogP contribution in [0.15, 0.2) is 10.5 Å². The number of halogens is 2. The van der Waals surface area contributed by atoms with Gasteiger partial charge in [0.05, 0.1) is 6.04 Å². The first-order valence-electron chi connectivity index (χ1n) is 4.80. The van der Waals surface area contributed by atoms with Crippen LogP contribution in [0.3, 0.4) is 0 Å². The molecule has 82 valence electrons. The lowest BCUT2D eigenvalue weighted by Crippen LogP contribution is -2.26. The first-order chi connectivity index (χ1) is 7.17. The van der Waals surface area contributed by atoms with Gasteiger partial charge in [-0.1, -0.05) is 30.9 Å². The van der Waals surface area contributed by atoms with Gasteiger partial charge in [0.15, 0.2) is 0 Å². The topological polar surface area (TPSA) is 12.0 Å². The van der Waals surface area contributed by atoms with Crippen molar-refractivity contribution in [2.75, 3.05) is 0 Å². The van der Waals surface area contributed by atoms with Gasteiger partial charge >= 0.3 is 0 Å². The lowest BCUT2D eigenvalue weighted by atomic mass is 10.2. The summed E-state index contributed by atoms with van der Waals surface area (Å²) in [4.78, 5) is 1.20. The molecule has 1 unspecified atom stereocenters. The van der Waals surface area contributed by atoms with E-state index in [1.54, 1.807) is 11.3 Å². The summed E-state index contributed by atoms with van der Waals surface area (Å²) >= 11 is 10.9. The molecular formula is C11H13BrClNS. The van der Waals surface area contributed by atoms with Crippen molar-refractivity contribution in [2.24, 2.45) is 0 Å². The molecule has 1 atom stereocenters. The van der Waals surface area contributed by atoms with E-state index < -0.39 is 0 Å². The van der Waals surface area contributed by atoms with E-state index in [0.29, 0.717) is 0 Å². The van der Waals surface area contributed by atoms with Gasteiger partial charge in [-0.2, -0.15) is 0 Å². The monoisotopic (exact) mass is 305 g/mol. The van der Waals surface area contributed by atoms with Crippen LogP contribution in [0.1, 0.15) is 24.6 Å². The maximum Gasteiger partial charge on any atom is 0.107 e. The Labute approximate surface area is 108 Å². The Balaban J connectivity index is 2.46. The Morgan fingerprint density at radius 2 is 2.47 bits per heavy atom. The van der Waals surface area contributed by atoms with Crippen LogP contribution in [0.25, 0.3) is 0 Å². The van der Waals surface area contributed by atoms with Crippen LogP contribution in [0.4, 0.5) is 0 Å². The molecule has 0 radical (unpaired) electrons. The number of nitrogens with one attached hydrogen (secondary N) is 1. The summed E-state index contributed by atoms with van der Waals surface area (Å²) in [5.41, 5.74) is 0. The van der Waals surface area contributed by atoms with Gasteiger partial charge in [0, 0.05) is 15.9 Å². The molecule has 0 spiro atoms. The molecule has 0 saturated heterocycles. The summed E-state index contributed by atoms with van der Waals surface area (Å²) in [5.74, 6) is 2.74. The van der Waals surface area contributed by atoms with Gasteiger partial charge in [0.2, 0.25) is 0 Å². The molecule has 1 heterocycles. The zero-order chi connectivity index (χ0) is 11.3. The molecule has 4 heteroatoms. The first kappa shape index (κ1) is 13.1. The highest BCUT2D eigenvalue weighted by Crippen LogP contribution is 2.31. The molecule has 1 nitrogen and oxygen atoms in total. The maximum atomic E-state index is 5.94. The number of terminal acetylenes is 1. The lowest BCUT2D eigenvalue weighted by molar-refractivity contribution is 0.566. The van der Waals surface area contributed by atoms with E-state index in [-0.39, 0.29) is 6.04 Å². The Kier molecular flexibility index (Phi) is 5.70. The molecule has 0 aliphatic rings. The Bertz CT molecular complexity index is 336. The normalized spacial score (nSPS) is 12.4. The van der Waals surface area contributed by atoms with E-state index in [4.69, 9.17) is 18.0 Å². The Morgan fingerprint density at radius 1 is 1.73 bits per heavy atom. The summed E-state index contributed by atoms with van der Waals surface area (Å²) in [6.07, 6.45) is 7.52. The van der Waals surface area contributed by atoms with Crippen molar-refractivity contribution < 1.29 is 0 Å². The third-order valence-electron chi connectivity index (χ3n) is 2.00. The van der Waals surface area contributed by atoms with Crippen molar-refractivity contribution >= 4 is 38.9 Å². The first-order valence-corrected chi connectivity index (χ1v) is 6.79. The van der Waals surface area contributed by atoms with Gasteiger partial charge < -0.3 is 0 Å². The molecule has 0 aromatic carbocycles. The van der Waals surface area contributed by atoms with Crippen LogP contribution in [0.5, 0.6) is 0 Å². The van der Waals surface area contributed by atoms with Crippen molar-refractivity contribution in [2.45, 2.75) is 32.4 Å².